The highest BCUT2D eigenvalue weighted by atomic mass is 16.5. The molecule has 0 spiro atoms. The van der Waals surface area contributed by atoms with Gasteiger partial charge < -0.3 is 15.8 Å². The SMILES string of the molecule is Cc1cc(OC(C)c2ccccc2)ccc1NC(=O)C1CCC(N)C1. The number of hydrogen-bond donors (Lipinski definition) is 2. The maximum absolute atomic E-state index is 12.4. The Morgan fingerprint density at radius 2 is 1.96 bits per heavy atom. The highest BCUT2D eigenvalue weighted by Gasteiger charge is 2.27. The van der Waals surface area contributed by atoms with Gasteiger partial charge in [0.1, 0.15) is 11.9 Å². The fraction of sp³-hybridized carbons (Fsp3) is 0.381. The Kier molecular flexibility index (Phi) is 5.39. The van der Waals surface area contributed by atoms with E-state index in [1.54, 1.807) is 0 Å². The van der Waals surface area contributed by atoms with E-state index < -0.39 is 0 Å². The number of benzene rings is 2. The smallest absolute Gasteiger partial charge is 0.227 e. The van der Waals surface area contributed by atoms with Crippen LogP contribution in [-0.4, -0.2) is 11.9 Å². The van der Waals surface area contributed by atoms with E-state index in [4.69, 9.17) is 10.5 Å². The molecule has 3 unspecified atom stereocenters. The van der Waals surface area contributed by atoms with Crippen LogP contribution in [0.5, 0.6) is 5.75 Å². The summed E-state index contributed by atoms with van der Waals surface area (Å²) in [6.45, 7) is 4.01. The molecule has 2 aromatic carbocycles. The molecule has 3 atom stereocenters. The zero-order valence-corrected chi connectivity index (χ0v) is 14.9. The van der Waals surface area contributed by atoms with Gasteiger partial charge >= 0.3 is 0 Å². The van der Waals surface area contributed by atoms with Crippen LogP contribution in [0.15, 0.2) is 48.5 Å². The number of carbonyl (C=O) groups is 1. The van der Waals surface area contributed by atoms with Gasteiger partial charge in [-0.05, 0) is 62.4 Å². The molecule has 1 saturated carbocycles. The third-order valence-electron chi connectivity index (χ3n) is 4.88. The van der Waals surface area contributed by atoms with Crippen molar-refractivity contribution in [3.05, 3.63) is 59.7 Å². The second-order valence-electron chi connectivity index (χ2n) is 6.91. The molecule has 132 valence electrons. The molecule has 0 aromatic heterocycles. The van der Waals surface area contributed by atoms with Crippen LogP contribution in [0.4, 0.5) is 5.69 Å². The first kappa shape index (κ1) is 17.5. The first-order valence-corrected chi connectivity index (χ1v) is 8.91. The third kappa shape index (κ3) is 4.40. The van der Waals surface area contributed by atoms with Gasteiger partial charge in [0, 0.05) is 17.6 Å². The molecule has 3 N–H and O–H groups in total. The maximum atomic E-state index is 12.4. The molecule has 1 aliphatic rings. The van der Waals surface area contributed by atoms with Crippen molar-refractivity contribution in [3.8, 4) is 5.75 Å². The second kappa shape index (κ2) is 7.70. The number of amides is 1. The maximum Gasteiger partial charge on any atom is 0.227 e. The summed E-state index contributed by atoms with van der Waals surface area (Å²) in [6, 6.07) is 16.1. The lowest BCUT2D eigenvalue weighted by Crippen LogP contribution is -2.23. The average molecular weight is 338 g/mol. The molecule has 0 aliphatic heterocycles. The number of nitrogens with one attached hydrogen (secondary N) is 1. The van der Waals surface area contributed by atoms with E-state index in [9.17, 15) is 4.79 Å². The van der Waals surface area contributed by atoms with Crippen LogP contribution in [-0.2, 0) is 4.79 Å². The Balaban J connectivity index is 1.63. The number of aryl methyl sites for hydroxylation is 1. The van der Waals surface area contributed by atoms with Crippen LogP contribution in [0.1, 0.15) is 43.4 Å². The number of nitrogens with two attached hydrogens (primary N) is 1. The molecule has 25 heavy (non-hydrogen) atoms. The minimum absolute atomic E-state index is 0.0268. The molecule has 4 nitrogen and oxygen atoms in total. The van der Waals surface area contributed by atoms with Crippen LogP contribution in [0.25, 0.3) is 0 Å². The van der Waals surface area contributed by atoms with Crippen molar-refractivity contribution in [2.24, 2.45) is 11.7 Å². The molecule has 1 aliphatic carbocycles. The van der Waals surface area contributed by atoms with Gasteiger partial charge in [0.25, 0.3) is 0 Å². The van der Waals surface area contributed by atoms with Gasteiger partial charge in [-0.25, -0.2) is 0 Å². The first-order chi connectivity index (χ1) is 12.0. The minimum Gasteiger partial charge on any atom is -0.486 e. The molecule has 0 heterocycles. The van der Waals surface area contributed by atoms with Crippen molar-refractivity contribution in [1.82, 2.24) is 0 Å². The van der Waals surface area contributed by atoms with Crippen molar-refractivity contribution in [3.63, 3.8) is 0 Å². The molecule has 0 saturated heterocycles. The van der Waals surface area contributed by atoms with Gasteiger partial charge in [-0.2, -0.15) is 0 Å². The molecule has 4 heteroatoms. The lowest BCUT2D eigenvalue weighted by molar-refractivity contribution is -0.119. The van der Waals surface area contributed by atoms with Crippen LogP contribution in [0.2, 0.25) is 0 Å². The fourth-order valence-corrected chi connectivity index (χ4v) is 3.34. The Hall–Kier alpha value is -2.33. The van der Waals surface area contributed by atoms with Gasteiger partial charge in [-0.3, -0.25) is 4.79 Å². The van der Waals surface area contributed by atoms with Crippen molar-refractivity contribution < 1.29 is 9.53 Å². The van der Waals surface area contributed by atoms with Crippen molar-refractivity contribution in [2.45, 2.75) is 45.3 Å². The predicted octanol–water partition coefficient (Wildman–Crippen LogP) is 4.20. The predicted molar refractivity (Wildman–Crippen MR) is 101 cm³/mol. The number of anilines is 1. The number of hydrogen-bond acceptors (Lipinski definition) is 3. The van der Waals surface area contributed by atoms with E-state index in [0.29, 0.717) is 0 Å². The van der Waals surface area contributed by atoms with Gasteiger partial charge in [0.2, 0.25) is 5.91 Å². The molecular formula is C21H26N2O2. The molecule has 0 radical (unpaired) electrons. The summed E-state index contributed by atoms with van der Waals surface area (Å²) in [7, 11) is 0. The average Bonchev–Trinajstić information content (AvgIpc) is 3.04. The topological polar surface area (TPSA) is 64.3 Å². The number of ether oxygens (including phenoxy) is 1. The van der Waals surface area contributed by atoms with Crippen molar-refractivity contribution in [1.29, 1.82) is 0 Å². The first-order valence-electron chi connectivity index (χ1n) is 8.91. The summed E-state index contributed by atoms with van der Waals surface area (Å²) in [5.74, 6) is 0.903. The number of rotatable bonds is 5. The van der Waals surface area contributed by atoms with E-state index >= 15 is 0 Å². The summed E-state index contributed by atoms with van der Waals surface area (Å²) >= 11 is 0. The zero-order valence-electron chi connectivity index (χ0n) is 14.9. The molecule has 3 rings (SSSR count). The molecule has 1 amide bonds. The lowest BCUT2D eigenvalue weighted by atomic mass is 10.1. The van der Waals surface area contributed by atoms with E-state index in [0.717, 1.165) is 41.8 Å². The summed E-state index contributed by atoms with van der Waals surface area (Å²) in [6.07, 6.45) is 2.56. The third-order valence-corrected chi connectivity index (χ3v) is 4.88. The standard InChI is InChI=1S/C21H26N2O2/c1-14-12-19(25-15(2)16-6-4-3-5-7-16)10-11-20(14)23-21(24)17-8-9-18(22)13-17/h3-7,10-12,15,17-18H,8-9,13,22H2,1-2H3,(H,23,24). The summed E-state index contributed by atoms with van der Waals surface area (Å²) in [5.41, 5.74) is 8.87. The van der Waals surface area contributed by atoms with Crippen LogP contribution >= 0.6 is 0 Å². The van der Waals surface area contributed by atoms with E-state index in [1.807, 2.05) is 50.2 Å². The normalized spacial score (nSPS) is 20.9. The highest BCUT2D eigenvalue weighted by Crippen LogP contribution is 2.29. The number of carbonyl (C=O) groups excluding carboxylic acids is 1. The largest absolute Gasteiger partial charge is 0.486 e. The monoisotopic (exact) mass is 338 g/mol. The molecule has 0 bridgehead atoms. The highest BCUT2D eigenvalue weighted by molar-refractivity contribution is 5.93. The van der Waals surface area contributed by atoms with Crippen molar-refractivity contribution >= 4 is 11.6 Å². The van der Waals surface area contributed by atoms with E-state index in [1.165, 1.54) is 0 Å². The van der Waals surface area contributed by atoms with Crippen LogP contribution < -0.4 is 15.8 Å². The van der Waals surface area contributed by atoms with E-state index in [2.05, 4.69) is 17.4 Å². The fourth-order valence-electron chi connectivity index (χ4n) is 3.34. The minimum atomic E-state index is -0.0268. The quantitative estimate of drug-likeness (QED) is 0.859. The molecule has 1 fully saturated rings. The van der Waals surface area contributed by atoms with Gasteiger partial charge in [-0.1, -0.05) is 30.3 Å². The Labute approximate surface area is 149 Å². The second-order valence-corrected chi connectivity index (χ2v) is 6.91. The Morgan fingerprint density at radius 3 is 2.60 bits per heavy atom. The van der Waals surface area contributed by atoms with Crippen molar-refractivity contribution in [2.75, 3.05) is 5.32 Å². The van der Waals surface area contributed by atoms with E-state index in [-0.39, 0.29) is 24.0 Å². The van der Waals surface area contributed by atoms with Gasteiger partial charge in [0.05, 0.1) is 0 Å². The lowest BCUT2D eigenvalue weighted by Gasteiger charge is -2.17. The Bertz CT molecular complexity index is 730. The molecular weight excluding hydrogens is 312 g/mol. The van der Waals surface area contributed by atoms with Gasteiger partial charge in [0.15, 0.2) is 0 Å². The summed E-state index contributed by atoms with van der Waals surface area (Å²) < 4.78 is 6.03. The van der Waals surface area contributed by atoms with Crippen LogP contribution in [0.3, 0.4) is 0 Å². The summed E-state index contributed by atoms with van der Waals surface area (Å²) in [4.78, 5) is 12.4. The summed E-state index contributed by atoms with van der Waals surface area (Å²) in [5, 5.41) is 3.03. The zero-order chi connectivity index (χ0) is 17.8. The van der Waals surface area contributed by atoms with Gasteiger partial charge in [-0.15, -0.1) is 0 Å². The Morgan fingerprint density at radius 1 is 1.20 bits per heavy atom. The van der Waals surface area contributed by atoms with Crippen LogP contribution in [0, 0.1) is 12.8 Å². The molecule has 2 aromatic rings.